The lowest BCUT2D eigenvalue weighted by atomic mass is 9.89. The zero-order valence-electron chi connectivity index (χ0n) is 20.8. The van der Waals surface area contributed by atoms with Crippen molar-refractivity contribution < 1.29 is 19.1 Å². The molecule has 0 radical (unpaired) electrons. The van der Waals surface area contributed by atoms with Crippen LogP contribution in [0.4, 0.5) is 0 Å². The van der Waals surface area contributed by atoms with Gasteiger partial charge in [0.1, 0.15) is 12.4 Å². The Labute approximate surface area is 212 Å². The zero-order valence-corrected chi connectivity index (χ0v) is 20.8. The molecule has 1 aliphatic heterocycles. The number of nitrogens with zero attached hydrogens (tertiary/aromatic N) is 1. The zero-order chi connectivity index (χ0) is 25.1. The molecule has 2 atom stereocenters. The summed E-state index contributed by atoms with van der Waals surface area (Å²) in [5, 5.41) is 2.12. The summed E-state index contributed by atoms with van der Waals surface area (Å²) in [7, 11) is 1.65. The van der Waals surface area contributed by atoms with Gasteiger partial charge in [-0.05, 0) is 53.8 Å². The van der Waals surface area contributed by atoms with Crippen LogP contribution in [-0.2, 0) is 20.9 Å². The average Bonchev–Trinajstić information content (AvgIpc) is 2.92. The van der Waals surface area contributed by atoms with Crippen LogP contribution in [-0.4, -0.2) is 36.4 Å². The van der Waals surface area contributed by atoms with Gasteiger partial charge >= 0.3 is 5.97 Å². The fourth-order valence-electron chi connectivity index (χ4n) is 5.05. The highest BCUT2D eigenvalue weighted by Gasteiger charge is 2.31. The number of benzene rings is 3. The number of ketones is 1. The number of esters is 1. The minimum Gasteiger partial charge on any atom is -0.497 e. The van der Waals surface area contributed by atoms with Gasteiger partial charge in [-0.15, -0.1) is 0 Å². The largest absolute Gasteiger partial charge is 0.497 e. The van der Waals surface area contributed by atoms with E-state index < -0.39 is 5.92 Å². The molecule has 0 N–H and O–H groups in total. The number of carbonyl (C=O) groups excluding carboxylic acids is 2. The van der Waals surface area contributed by atoms with Crippen molar-refractivity contribution in [2.45, 2.75) is 44.7 Å². The van der Waals surface area contributed by atoms with E-state index in [1.165, 1.54) is 0 Å². The molecule has 3 aromatic carbocycles. The van der Waals surface area contributed by atoms with E-state index in [9.17, 15) is 9.59 Å². The predicted octanol–water partition coefficient (Wildman–Crippen LogP) is 5.94. The summed E-state index contributed by atoms with van der Waals surface area (Å²) in [5.74, 6) is 0.359. The first kappa shape index (κ1) is 23.9. The van der Waals surface area contributed by atoms with Crippen molar-refractivity contribution in [3.63, 3.8) is 0 Å². The maximum atomic E-state index is 13.1. The Morgan fingerprint density at radius 3 is 2.61 bits per heavy atom. The summed E-state index contributed by atoms with van der Waals surface area (Å²) >= 11 is 0. The van der Waals surface area contributed by atoms with Crippen LogP contribution in [0.25, 0.3) is 10.8 Å². The maximum absolute atomic E-state index is 13.1. The van der Waals surface area contributed by atoms with E-state index in [-0.39, 0.29) is 24.4 Å². The monoisotopic (exact) mass is 481 g/mol. The SMILES string of the molecule is COc1ccc2cc([C@H](C)C(=O)OC[C@@H]3C=CC4=C(CCCC4=O)N3Cc3ccccc3)ccc2c1. The summed E-state index contributed by atoms with van der Waals surface area (Å²) in [6.07, 6.45) is 6.25. The number of hydrogen-bond acceptors (Lipinski definition) is 5. The third-order valence-corrected chi connectivity index (χ3v) is 7.18. The highest BCUT2D eigenvalue weighted by atomic mass is 16.5. The molecule has 0 unspecified atom stereocenters. The molecule has 184 valence electrons. The van der Waals surface area contributed by atoms with E-state index in [0.29, 0.717) is 13.0 Å². The Morgan fingerprint density at radius 1 is 1.03 bits per heavy atom. The summed E-state index contributed by atoms with van der Waals surface area (Å²) in [6, 6.07) is 22.0. The second kappa shape index (κ2) is 10.4. The number of Topliss-reactive ketones (excluding diaryl/α,β-unsaturated/α-hetero) is 1. The van der Waals surface area contributed by atoms with Gasteiger partial charge in [0.2, 0.25) is 0 Å². The molecule has 36 heavy (non-hydrogen) atoms. The quantitative estimate of drug-likeness (QED) is 0.391. The van der Waals surface area contributed by atoms with Gasteiger partial charge in [0.15, 0.2) is 5.78 Å². The van der Waals surface area contributed by atoms with Gasteiger partial charge in [-0.2, -0.15) is 0 Å². The lowest BCUT2D eigenvalue weighted by Crippen LogP contribution is -2.41. The number of rotatable bonds is 7. The number of fused-ring (bicyclic) bond motifs is 1. The van der Waals surface area contributed by atoms with Crippen LogP contribution in [0.2, 0.25) is 0 Å². The molecule has 3 aromatic rings. The molecule has 0 aromatic heterocycles. The maximum Gasteiger partial charge on any atom is 0.313 e. The summed E-state index contributed by atoms with van der Waals surface area (Å²) in [4.78, 5) is 27.9. The van der Waals surface area contributed by atoms with Crippen LogP contribution in [0, 0.1) is 0 Å². The molecule has 5 nitrogen and oxygen atoms in total. The second-order valence-electron chi connectivity index (χ2n) is 9.50. The topological polar surface area (TPSA) is 55.8 Å². The Bertz CT molecular complexity index is 1340. The van der Waals surface area contributed by atoms with E-state index in [4.69, 9.17) is 9.47 Å². The van der Waals surface area contributed by atoms with E-state index >= 15 is 0 Å². The predicted molar refractivity (Wildman–Crippen MR) is 141 cm³/mol. The molecular weight excluding hydrogens is 450 g/mol. The van der Waals surface area contributed by atoms with E-state index in [1.54, 1.807) is 7.11 Å². The van der Waals surface area contributed by atoms with Crippen molar-refractivity contribution in [2.75, 3.05) is 13.7 Å². The molecule has 0 spiro atoms. The first-order valence-corrected chi connectivity index (χ1v) is 12.5. The van der Waals surface area contributed by atoms with Gasteiger partial charge in [0, 0.05) is 24.2 Å². The van der Waals surface area contributed by atoms with Crippen molar-refractivity contribution in [3.8, 4) is 5.75 Å². The molecule has 0 bridgehead atoms. The molecule has 0 saturated carbocycles. The molecule has 5 heteroatoms. The van der Waals surface area contributed by atoms with Crippen molar-refractivity contribution in [2.24, 2.45) is 0 Å². The highest BCUT2D eigenvalue weighted by molar-refractivity contribution is 5.99. The van der Waals surface area contributed by atoms with Crippen LogP contribution < -0.4 is 4.74 Å². The lowest BCUT2D eigenvalue weighted by molar-refractivity contribution is -0.146. The summed E-state index contributed by atoms with van der Waals surface area (Å²) < 4.78 is 11.2. The standard InChI is InChI=1S/C31H31NO4/c1-21(23-11-12-25-18-27(35-2)15-13-24(25)17-23)31(34)36-20-26-14-16-28-29(9-6-10-30(28)33)32(26)19-22-7-4-3-5-8-22/h3-5,7-8,11-18,21,26H,6,9-10,19-20H2,1-2H3/t21-,26-/m0/s1. The fraction of sp³-hybridized carbons (Fsp3) is 0.290. The minimum atomic E-state index is -0.391. The highest BCUT2D eigenvalue weighted by Crippen LogP contribution is 2.33. The number of carbonyl (C=O) groups is 2. The van der Waals surface area contributed by atoms with Crippen molar-refractivity contribution >= 4 is 22.5 Å². The van der Waals surface area contributed by atoms with E-state index in [1.807, 2.05) is 73.7 Å². The molecule has 5 rings (SSSR count). The van der Waals surface area contributed by atoms with Gasteiger partial charge in [-0.25, -0.2) is 0 Å². The third-order valence-electron chi connectivity index (χ3n) is 7.18. The van der Waals surface area contributed by atoms with Crippen molar-refractivity contribution in [1.29, 1.82) is 0 Å². The Kier molecular flexibility index (Phi) is 6.90. The number of methoxy groups -OCH3 is 1. The van der Waals surface area contributed by atoms with Crippen LogP contribution in [0.5, 0.6) is 5.75 Å². The second-order valence-corrected chi connectivity index (χ2v) is 9.50. The molecular formula is C31H31NO4. The normalized spacial score (nSPS) is 18.2. The average molecular weight is 482 g/mol. The fourth-order valence-corrected chi connectivity index (χ4v) is 5.05. The van der Waals surface area contributed by atoms with Crippen molar-refractivity contribution in [1.82, 2.24) is 4.90 Å². The molecule has 0 fully saturated rings. The molecule has 0 saturated heterocycles. The molecule has 0 amide bonds. The van der Waals surface area contributed by atoms with E-state index in [2.05, 4.69) is 17.0 Å². The lowest BCUT2D eigenvalue weighted by Gasteiger charge is -2.39. The first-order valence-electron chi connectivity index (χ1n) is 12.5. The Balaban J connectivity index is 1.31. The summed E-state index contributed by atoms with van der Waals surface area (Å²) in [5.41, 5.74) is 3.95. The Morgan fingerprint density at radius 2 is 1.81 bits per heavy atom. The first-order chi connectivity index (χ1) is 17.5. The third kappa shape index (κ3) is 4.92. The van der Waals surface area contributed by atoms with Gasteiger partial charge in [0.25, 0.3) is 0 Å². The van der Waals surface area contributed by atoms with Crippen LogP contribution in [0.15, 0.2) is 90.2 Å². The van der Waals surface area contributed by atoms with Crippen LogP contribution in [0.1, 0.15) is 43.2 Å². The van der Waals surface area contributed by atoms with Gasteiger partial charge in [0.05, 0.1) is 19.1 Å². The molecule has 1 heterocycles. The number of ether oxygens (including phenoxy) is 2. The molecule has 1 aliphatic carbocycles. The number of allylic oxidation sites excluding steroid dienone is 3. The van der Waals surface area contributed by atoms with Crippen LogP contribution in [0.3, 0.4) is 0 Å². The number of hydrogen-bond donors (Lipinski definition) is 0. The Hall–Kier alpha value is -3.86. The van der Waals surface area contributed by atoms with Gasteiger partial charge in [-0.3, -0.25) is 9.59 Å². The van der Waals surface area contributed by atoms with E-state index in [0.717, 1.165) is 51.8 Å². The van der Waals surface area contributed by atoms with Gasteiger partial charge in [-0.1, -0.05) is 66.7 Å². The summed E-state index contributed by atoms with van der Waals surface area (Å²) in [6.45, 7) is 2.79. The van der Waals surface area contributed by atoms with Crippen LogP contribution >= 0.6 is 0 Å². The minimum absolute atomic E-state index is 0.116. The van der Waals surface area contributed by atoms with Crippen molar-refractivity contribution in [3.05, 3.63) is 101 Å². The molecule has 2 aliphatic rings. The van der Waals surface area contributed by atoms with Gasteiger partial charge < -0.3 is 14.4 Å². The smallest absolute Gasteiger partial charge is 0.313 e.